The maximum atomic E-state index is 5.69. The molecule has 0 unspecified atom stereocenters. The van der Waals surface area contributed by atoms with Crippen LogP contribution in [0.5, 0.6) is 0 Å². The lowest BCUT2D eigenvalue weighted by molar-refractivity contribution is 1.03. The molecule has 0 N–H and O–H groups in total. The summed E-state index contributed by atoms with van der Waals surface area (Å²) >= 11 is 11.3. The molecule has 0 spiro atoms. The zero-order valence-electron chi connectivity index (χ0n) is 5.88. The molecule has 0 bridgehead atoms. The molecule has 2 nitrogen and oxygen atoms in total. The van der Waals surface area contributed by atoms with Gasteiger partial charge in [0.15, 0.2) is 10.3 Å². The zero-order valence-corrected chi connectivity index (χ0v) is 7.39. The van der Waals surface area contributed by atoms with E-state index in [1.807, 2.05) is 19.1 Å². The Morgan fingerprint density at radius 1 is 1.36 bits per heavy atom. The number of rotatable bonds is 1. The summed E-state index contributed by atoms with van der Waals surface area (Å²) in [6.45, 7) is 1.89. The summed E-state index contributed by atoms with van der Waals surface area (Å²) in [4.78, 5) is 0. The zero-order chi connectivity index (χ0) is 8.27. The summed E-state index contributed by atoms with van der Waals surface area (Å²) in [6.07, 6.45) is 3.68. The van der Waals surface area contributed by atoms with Crippen LogP contribution in [0.3, 0.4) is 0 Å². The van der Waals surface area contributed by atoms with Gasteiger partial charge >= 0.3 is 0 Å². The minimum Gasteiger partial charge on any atom is -0.137 e. The lowest BCUT2D eigenvalue weighted by Crippen LogP contribution is -1.85. The van der Waals surface area contributed by atoms with Gasteiger partial charge in [-0.3, -0.25) is 0 Å². The molecule has 1 aromatic rings. The predicted octanol–water partition coefficient (Wildman–Crippen LogP) is 2.82. The number of nitrogens with zero attached hydrogens (tertiary/aromatic N) is 2. The van der Waals surface area contributed by atoms with Gasteiger partial charge in [-0.15, -0.1) is 10.2 Å². The maximum absolute atomic E-state index is 5.69. The maximum Gasteiger partial charge on any atom is 0.159 e. The highest BCUT2D eigenvalue weighted by Gasteiger charge is 1.98. The number of hydrogen-bond donors (Lipinski definition) is 0. The molecule has 1 heterocycles. The Morgan fingerprint density at radius 3 is 2.73 bits per heavy atom. The van der Waals surface area contributed by atoms with Crippen molar-refractivity contribution in [2.24, 2.45) is 0 Å². The van der Waals surface area contributed by atoms with Gasteiger partial charge in [0.2, 0.25) is 0 Å². The molecule has 0 atom stereocenters. The van der Waals surface area contributed by atoms with Gasteiger partial charge in [-0.05, 0) is 13.0 Å². The van der Waals surface area contributed by atoms with E-state index in [9.17, 15) is 0 Å². The molecule has 1 aromatic heterocycles. The Hall–Kier alpha value is -0.600. The van der Waals surface area contributed by atoms with Gasteiger partial charge in [-0.25, -0.2) is 0 Å². The monoisotopic (exact) mass is 188 g/mol. The van der Waals surface area contributed by atoms with Crippen LogP contribution >= 0.6 is 23.2 Å². The summed E-state index contributed by atoms with van der Waals surface area (Å²) in [5, 5.41) is 7.92. The fraction of sp³-hybridized carbons (Fsp3) is 0.143. The summed E-state index contributed by atoms with van der Waals surface area (Å²) in [6, 6.07) is 1.66. The van der Waals surface area contributed by atoms with Crippen molar-refractivity contribution in [3.63, 3.8) is 0 Å². The van der Waals surface area contributed by atoms with E-state index in [0.29, 0.717) is 10.3 Å². The average molecular weight is 189 g/mol. The second kappa shape index (κ2) is 3.69. The molecule has 0 aliphatic heterocycles. The lowest BCUT2D eigenvalue weighted by Gasteiger charge is -1.94. The lowest BCUT2D eigenvalue weighted by atomic mass is 10.3. The van der Waals surface area contributed by atoms with Crippen LogP contribution in [0, 0.1) is 0 Å². The number of hydrogen-bond acceptors (Lipinski definition) is 2. The van der Waals surface area contributed by atoms with E-state index in [4.69, 9.17) is 23.2 Å². The van der Waals surface area contributed by atoms with Crippen molar-refractivity contribution in [3.8, 4) is 0 Å². The molecule has 0 saturated heterocycles. The van der Waals surface area contributed by atoms with Crippen LogP contribution in [-0.4, -0.2) is 10.2 Å². The van der Waals surface area contributed by atoms with Gasteiger partial charge in [0.1, 0.15) is 0 Å². The first-order valence-corrected chi connectivity index (χ1v) is 3.81. The van der Waals surface area contributed by atoms with E-state index in [-0.39, 0.29) is 0 Å². The van der Waals surface area contributed by atoms with Crippen molar-refractivity contribution >= 4 is 29.3 Å². The van der Waals surface area contributed by atoms with Crippen LogP contribution in [-0.2, 0) is 0 Å². The Bertz CT molecular complexity index is 284. The molecule has 0 amide bonds. The van der Waals surface area contributed by atoms with Gasteiger partial charge in [-0.1, -0.05) is 35.4 Å². The Kier molecular flexibility index (Phi) is 2.85. The third kappa shape index (κ3) is 2.17. The van der Waals surface area contributed by atoms with Gasteiger partial charge in [0, 0.05) is 5.56 Å². The molecule has 0 aliphatic rings. The van der Waals surface area contributed by atoms with Crippen LogP contribution < -0.4 is 0 Å². The summed E-state index contributed by atoms with van der Waals surface area (Å²) in [5.41, 5.74) is 0.786. The first-order chi connectivity index (χ1) is 5.24. The third-order valence-corrected chi connectivity index (χ3v) is 1.57. The topological polar surface area (TPSA) is 25.8 Å². The fourth-order valence-corrected chi connectivity index (χ4v) is 0.973. The highest BCUT2D eigenvalue weighted by Crippen LogP contribution is 2.16. The van der Waals surface area contributed by atoms with Crippen LogP contribution in [0.4, 0.5) is 0 Å². The molecule has 4 heteroatoms. The van der Waals surface area contributed by atoms with Crippen molar-refractivity contribution in [1.82, 2.24) is 10.2 Å². The van der Waals surface area contributed by atoms with Crippen molar-refractivity contribution in [3.05, 3.63) is 28.0 Å². The second-order valence-electron chi connectivity index (χ2n) is 1.91. The normalized spacial score (nSPS) is 10.8. The molecule has 1 rings (SSSR count). The van der Waals surface area contributed by atoms with E-state index in [2.05, 4.69) is 10.2 Å². The van der Waals surface area contributed by atoms with Crippen molar-refractivity contribution in [2.45, 2.75) is 6.92 Å². The summed E-state index contributed by atoms with van der Waals surface area (Å²) < 4.78 is 0. The first-order valence-electron chi connectivity index (χ1n) is 3.05. The molecule has 0 aromatic carbocycles. The van der Waals surface area contributed by atoms with E-state index >= 15 is 0 Å². The Balaban J connectivity index is 3.12. The summed E-state index contributed by atoms with van der Waals surface area (Å²) in [7, 11) is 0. The molecule has 11 heavy (non-hydrogen) atoms. The standard InChI is InChI=1S/C7H6Cl2N2/c1-2-3-5-4-6(8)10-11-7(5)9/h2-4H,1H3/b3-2+. The molecule has 0 fully saturated rings. The fourth-order valence-electron chi connectivity index (χ4n) is 0.663. The third-order valence-electron chi connectivity index (χ3n) is 1.09. The minimum absolute atomic E-state index is 0.350. The van der Waals surface area contributed by atoms with E-state index in [1.165, 1.54) is 0 Å². The van der Waals surface area contributed by atoms with Crippen molar-refractivity contribution in [1.29, 1.82) is 0 Å². The first kappa shape index (κ1) is 8.50. The van der Waals surface area contributed by atoms with Crippen LogP contribution in [0.2, 0.25) is 10.3 Å². The van der Waals surface area contributed by atoms with Gasteiger partial charge in [0.25, 0.3) is 0 Å². The number of allylic oxidation sites excluding steroid dienone is 1. The van der Waals surface area contributed by atoms with E-state index < -0.39 is 0 Å². The van der Waals surface area contributed by atoms with Crippen LogP contribution in [0.15, 0.2) is 12.1 Å². The predicted molar refractivity (Wildman–Crippen MR) is 46.8 cm³/mol. The van der Waals surface area contributed by atoms with Crippen molar-refractivity contribution < 1.29 is 0 Å². The molecule has 0 saturated carbocycles. The molecular formula is C7H6Cl2N2. The largest absolute Gasteiger partial charge is 0.159 e. The minimum atomic E-state index is 0.350. The second-order valence-corrected chi connectivity index (χ2v) is 2.66. The highest BCUT2D eigenvalue weighted by atomic mass is 35.5. The van der Waals surface area contributed by atoms with Gasteiger partial charge < -0.3 is 0 Å². The van der Waals surface area contributed by atoms with E-state index in [0.717, 1.165) is 5.56 Å². The van der Waals surface area contributed by atoms with Gasteiger partial charge in [-0.2, -0.15) is 0 Å². The number of aromatic nitrogens is 2. The molecular weight excluding hydrogens is 183 g/mol. The Morgan fingerprint density at radius 2 is 2.09 bits per heavy atom. The molecule has 58 valence electrons. The van der Waals surface area contributed by atoms with E-state index in [1.54, 1.807) is 6.07 Å². The quantitative estimate of drug-likeness (QED) is 0.678. The Labute approximate surface area is 74.9 Å². The molecule has 0 radical (unpaired) electrons. The smallest absolute Gasteiger partial charge is 0.137 e. The molecule has 0 aliphatic carbocycles. The highest BCUT2D eigenvalue weighted by molar-refractivity contribution is 6.32. The SMILES string of the molecule is C/C=C/c1cc(Cl)nnc1Cl. The summed E-state index contributed by atoms with van der Waals surface area (Å²) in [5.74, 6) is 0. The van der Waals surface area contributed by atoms with Crippen LogP contribution in [0.25, 0.3) is 6.08 Å². The van der Waals surface area contributed by atoms with Gasteiger partial charge in [0.05, 0.1) is 0 Å². The van der Waals surface area contributed by atoms with Crippen LogP contribution in [0.1, 0.15) is 12.5 Å². The van der Waals surface area contributed by atoms with Crippen molar-refractivity contribution in [2.75, 3.05) is 0 Å². The average Bonchev–Trinajstić information content (AvgIpc) is 1.98. The number of halogens is 2.